The van der Waals surface area contributed by atoms with Gasteiger partial charge in [0, 0.05) is 5.52 Å². The van der Waals surface area contributed by atoms with Crippen molar-refractivity contribution in [2.75, 3.05) is 0 Å². The van der Waals surface area contributed by atoms with E-state index in [-0.39, 0.29) is 5.56 Å². The number of aromatic amines is 1. The molecule has 0 radical (unpaired) electrons. The van der Waals surface area contributed by atoms with Crippen molar-refractivity contribution in [3.05, 3.63) is 70.0 Å². The Bertz CT molecular complexity index is 991. The van der Waals surface area contributed by atoms with Gasteiger partial charge in [-0.25, -0.2) is 0 Å². The highest BCUT2D eigenvalue weighted by Gasteiger charge is 2.29. The molecule has 1 aromatic heterocycles. The summed E-state index contributed by atoms with van der Waals surface area (Å²) in [5.41, 5.74) is 0.156. The van der Waals surface area contributed by atoms with Crippen LogP contribution in [0.2, 0.25) is 0 Å². The van der Waals surface area contributed by atoms with E-state index >= 15 is 0 Å². The zero-order valence-corrected chi connectivity index (χ0v) is 12.7. The maximum atomic E-state index is 12.6. The number of hydrogen-bond acceptors (Lipinski definition) is 2. The molecule has 0 aliphatic carbocycles. The second-order valence-corrected chi connectivity index (χ2v) is 5.51. The third-order valence-electron chi connectivity index (χ3n) is 3.60. The fraction of sp³-hybridized carbons (Fsp3) is 0.0588. The highest BCUT2D eigenvalue weighted by Crippen LogP contribution is 2.31. The van der Waals surface area contributed by atoms with Gasteiger partial charge < -0.3 is 4.98 Å². The number of halogens is 4. The van der Waals surface area contributed by atoms with Crippen LogP contribution in [0.5, 0.6) is 0 Å². The van der Waals surface area contributed by atoms with E-state index in [1.54, 1.807) is 18.2 Å². The lowest BCUT2D eigenvalue weighted by molar-refractivity contribution is -0.137. The molecule has 0 amide bonds. The molecule has 1 N–H and O–H groups in total. The topological polar surface area (TPSA) is 49.9 Å². The summed E-state index contributed by atoms with van der Waals surface area (Å²) in [6.07, 6.45) is -4.39. The summed E-state index contributed by atoms with van der Waals surface area (Å²) in [4.78, 5) is 25.5. The van der Waals surface area contributed by atoms with Gasteiger partial charge in [-0.05, 0) is 52.4 Å². The van der Waals surface area contributed by atoms with Gasteiger partial charge in [0.1, 0.15) is 0 Å². The number of H-pyrrole nitrogens is 1. The van der Waals surface area contributed by atoms with Crippen LogP contribution in [-0.4, -0.2) is 10.2 Å². The Hall–Kier alpha value is -2.60. The summed E-state index contributed by atoms with van der Waals surface area (Å²) < 4.78 is 37.8. The molecule has 0 atom stereocenters. The molecule has 2 aromatic carbocycles. The van der Waals surface area contributed by atoms with E-state index in [1.165, 1.54) is 18.2 Å². The summed E-state index contributed by atoms with van der Waals surface area (Å²) in [7, 11) is 0. The molecule has 0 bridgehead atoms. The van der Waals surface area contributed by atoms with E-state index in [2.05, 4.69) is 4.98 Å². The van der Waals surface area contributed by atoms with Gasteiger partial charge in [-0.15, -0.1) is 0 Å². The second kappa shape index (κ2) is 5.79. The first-order chi connectivity index (χ1) is 11.3. The predicted octanol–water partition coefficient (Wildman–Crippen LogP) is 4.59. The van der Waals surface area contributed by atoms with E-state index in [1.807, 2.05) is 0 Å². The minimum atomic E-state index is -4.39. The number of fused-ring (bicyclic) bond motifs is 1. The van der Waals surface area contributed by atoms with Crippen LogP contribution in [0.25, 0.3) is 22.0 Å². The third-order valence-corrected chi connectivity index (χ3v) is 3.81. The van der Waals surface area contributed by atoms with Gasteiger partial charge in [0.2, 0.25) is 0 Å². The minimum Gasteiger partial charge on any atom is -0.321 e. The van der Waals surface area contributed by atoms with E-state index in [9.17, 15) is 22.8 Å². The number of hydrogen-bond donors (Lipinski definition) is 1. The highest BCUT2D eigenvalue weighted by atomic mass is 35.5. The normalized spacial score (nSPS) is 11.7. The van der Waals surface area contributed by atoms with Gasteiger partial charge in [-0.2, -0.15) is 13.2 Å². The first kappa shape index (κ1) is 16.3. The number of alkyl halides is 3. The zero-order chi connectivity index (χ0) is 17.5. The maximum Gasteiger partial charge on any atom is 0.416 e. The molecule has 1 heterocycles. The Labute approximate surface area is 138 Å². The van der Waals surface area contributed by atoms with E-state index in [4.69, 9.17) is 11.6 Å². The molecular weight excluding hydrogens is 343 g/mol. The molecule has 0 saturated heterocycles. The molecule has 3 aromatic rings. The summed E-state index contributed by atoms with van der Waals surface area (Å²) in [5.74, 6) is 0. The van der Waals surface area contributed by atoms with Gasteiger partial charge >= 0.3 is 6.18 Å². The summed E-state index contributed by atoms with van der Waals surface area (Å²) in [6.45, 7) is 0. The third kappa shape index (κ3) is 3.05. The van der Waals surface area contributed by atoms with E-state index < -0.39 is 22.5 Å². The number of carbonyl (C=O) groups excluding carboxylic acids is 1. The van der Waals surface area contributed by atoms with E-state index in [0.717, 1.165) is 12.1 Å². The second-order valence-electron chi connectivity index (χ2n) is 5.16. The fourth-order valence-corrected chi connectivity index (χ4v) is 2.52. The van der Waals surface area contributed by atoms with Crippen LogP contribution in [0, 0.1) is 0 Å². The average Bonchev–Trinajstić information content (AvgIpc) is 2.52. The smallest absolute Gasteiger partial charge is 0.321 e. The summed E-state index contributed by atoms with van der Waals surface area (Å²) in [6, 6.07) is 11.1. The van der Waals surface area contributed by atoms with Gasteiger partial charge in [0.25, 0.3) is 10.8 Å². The van der Waals surface area contributed by atoms with Crippen LogP contribution < -0.4 is 5.56 Å². The quantitative estimate of drug-likeness (QED) is 0.686. The molecule has 0 aliphatic heterocycles. The molecular formula is C17H9ClF3NO2. The monoisotopic (exact) mass is 351 g/mol. The SMILES string of the molecule is O=C(Cl)c1cc2ccc(-c3ccc(C(F)(F)F)cc3)cc2[nH]c1=O. The highest BCUT2D eigenvalue weighted by molar-refractivity contribution is 6.67. The number of rotatable bonds is 2. The fourth-order valence-electron chi connectivity index (χ4n) is 2.38. The predicted molar refractivity (Wildman–Crippen MR) is 85.2 cm³/mol. The molecule has 3 nitrogen and oxygen atoms in total. The molecule has 0 saturated carbocycles. The van der Waals surface area contributed by atoms with Crippen LogP contribution in [0.3, 0.4) is 0 Å². The number of carbonyl (C=O) groups is 1. The van der Waals surface area contributed by atoms with Crippen LogP contribution in [-0.2, 0) is 6.18 Å². The Balaban J connectivity index is 2.06. The molecule has 122 valence electrons. The van der Waals surface area contributed by atoms with Crippen LogP contribution in [0.1, 0.15) is 15.9 Å². The van der Waals surface area contributed by atoms with Crippen LogP contribution in [0.4, 0.5) is 13.2 Å². The van der Waals surface area contributed by atoms with E-state index in [0.29, 0.717) is 22.0 Å². The number of pyridine rings is 1. The minimum absolute atomic E-state index is 0.161. The Kier molecular flexibility index (Phi) is 3.93. The van der Waals surface area contributed by atoms with Crippen molar-refractivity contribution in [1.29, 1.82) is 0 Å². The van der Waals surface area contributed by atoms with Crippen molar-refractivity contribution in [1.82, 2.24) is 4.98 Å². The molecule has 0 aliphatic rings. The summed E-state index contributed by atoms with van der Waals surface area (Å²) in [5, 5.41) is -0.265. The van der Waals surface area contributed by atoms with Crippen LogP contribution in [0.15, 0.2) is 53.3 Å². The molecule has 0 unspecified atom stereocenters. The largest absolute Gasteiger partial charge is 0.416 e. The van der Waals surface area contributed by atoms with Gasteiger partial charge in [0.15, 0.2) is 0 Å². The van der Waals surface area contributed by atoms with Gasteiger partial charge in [0.05, 0.1) is 11.1 Å². The van der Waals surface area contributed by atoms with Gasteiger partial charge in [-0.3, -0.25) is 9.59 Å². The molecule has 0 spiro atoms. The maximum absolute atomic E-state index is 12.6. The molecule has 3 rings (SSSR count). The number of nitrogens with one attached hydrogen (secondary N) is 1. The van der Waals surface area contributed by atoms with Crippen molar-refractivity contribution in [3.8, 4) is 11.1 Å². The molecule has 0 fully saturated rings. The first-order valence-electron chi connectivity index (χ1n) is 6.80. The van der Waals surface area contributed by atoms with Crippen LogP contribution >= 0.6 is 11.6 Å². The average molecular weight is 352 g/mol. The number of benzene rings is 2. The lowest BCUT2D eigenvalue weighted by Crippen LogP contribution is -2.14. The van der Waals surface area contributed by atoms with Crippen molar-refractivity contribution in [2.24, 2.45) is 0 Å². The molecule has 7 heteroatoms. The lowest BCUT2D eigenvalue weighted by atomic mass is 10.0. The Morgan fingerprint density at radius 2 is 1.58 bits per heavy atom. The van der Waals surface area contributed by atoms with Crippen molar-refractivity contribution >= 4 is 27.7 Å². The Morgan fingerprint density at radius 1 is 0.958 bits per heavy atom. The lowest BCUT2D eigenvalue weighted by Gasteiger charge is -2.08. The molecule has 24 heavy (non-hydrogen) atoms. The standard InChI is InChI=1S/C17H9ClF3NO2/c18-15(23)13-7-11-2-1-10(8-14(11)22-16(13)24)9-3-5-12(6-4-9)17(19,20)21/h1-8H,(H,22,24). The van der Waals surface area contributed by atoms with Gasteiger partial charge in [-0.1, -0.05) is 24.3 Å². The first-order valence-corrected chi connectivity index (χ1v) is 7.18. The Morgan fingerprint density at radius 3 is 2.17 bits per heavy atom. The number of aromatic nitrogens is 1. The zero-order valence-electron chi connectivity index (χ0n) is 11.9. The van der Waals surface area contributed by atoms with Crippen molar-refractivity contribution in [3.63, 3.8) is 0 Å². The van der Waals surface area contributed by atoms with Crippen molar-refractivity contribution in [2.45, 2.75) is 6.18 Å². The van der Waals surface area contributed by atoms with Crippen molar-refractivity contribution < 1.29 is 18.0 Å². The summed E-state index contributed by atoms with van der Waals surface area (Å²) >= 11 is 5.34.